The lowest BCUT2D eigenvalue weighted by Gasteiger charge is -2.16. The lowest BCUT2D eigenvalue weighted by atomic mass is 10.3. The van der Waals surface area contributed by atoms with Crippen molar-refractivity contribution in [2.75, 3.05) is 12.4 Å². The van der Waals surface area contributed by atoms with Crippen LogP contribution in [0, 0.1) is 6.92 Å². The number of rotatable bonds is 4. The van der Waals surface area contributed by atoms with Crippen LogP contribution >= 0.6 is 0 Å². The van der Waals surface area contributed by atoms with Gasteiger partial charge in [-0.1, -0.05) is 18.2 Å². The zero-order chi connectivity index (χ0) is 17.1. The largest absolute Gasteiger partial charge is 0.323 e. The second kappa shape index (κ2) is 6.57. The molecule has 0 radical (unpaired) electrons. The van der Waals surface area contributed by atoms with Gasteiger partial charge < -0.3 is 4.90 Å². The van der Waals surface area contributed by atoms with E-state index in [9.17, 15) is 4.79 Å². The number of anilines is 1. The Balaban J connectivity index is 1.69. The van der Waals surface area contributed by atoms with Gasteiger partial charge in [0.1, 0.15) is 0 Å². The number of hydrogen-bond acceptors (Lipinski definition) is 3. The Hall–Kier alpha value is -3.09. The minimum atomic E-state index is -0.208. The van der Waals surface area contributed by atoms with Crippen molar-refractivity contribution in [3.05, 3.63) is 60.0 Å². The van der Waals surface area contributed by atoms with Crippen LogP contribution in [0.4, 0.5) is 10.6 Å². The third-order valence-electron chi connectivity index (χ3n) is 3.67. The Bertz CT molecular complexity index is 836. The van der Waals surface area contributed by atoms with Crippen molar-refractivity contribution in [3.8, 4) is 5.69 Å². The molecule has 3 rings (SSSR count). The lowest BCUT2D eigenvalue weighted by Crippen LogP contribution is -2.31. The van der Waals surface area contributed by atoms with Crippen LogP contribution in [0.5, 0.6) is 0 Å². The third kappa shape index (κ3) is 3.45. The van der Waals surface area contributed by atoms with Gasteiger partial charge in [0.15, 0.2) is 5.82 Å². The normalized spacial score (nSPS) is 10.6. The number of aryl methyl sites for hydroxylation is 2. The molecule has 3 aromatic rings. The van der Waals surface area contributed by atoms with Gasteiger partial charge in [0, 0.05) is 37.6 Å². The van der Waals surface area contributed by atoms with Gasteiger partial charge in [-0.2, -0.15) is 5.10 Å². The molecule has 2 aromatic heterocycles. The molecule has 7 heteroatoms. The van der Waals surface area contributed by atoms with Crippen LogP contribution in [0.15, 0.2) is 48.9 Å². The first-order valence-corrected chi connectivity index (χ1v) is 7.64. The fourth-order valence-electron chi connectivity index (χ4n) is 2.39. The average Bonchev–Trinajstić information content (AvgIpc) is 3.14. The van der Waals surface area contributed by atoms with Gasteiger partial charge in [-0.3, -0.25) is 10.00 Å². The van der Waals surface area contributed by atoms with Crippen LogP contribution in [0.25, 0.3) is 5.69 Å². The highest BCUT2D eigenvalue weighted by atomic mass is 16.2. The maximum absolute atomic E-state index is 12.4. The summed E-state index contributed by atoms with van der Waals surface area (Å²) in [7, 11) is 3.59. The second-order valence-corrected chi connectivity index (χ2v) is 5.75. The summed E-state index contributed by atoms with van der Waals surface area (Å²) in [6.07, 6.45) is 5.53. The monoisotopic (exact) mass is 324 g/mol. The minimum Gasteiger partial charge on any atom is -0.323 e. The Morgan fingerprint density at radius 3 is 2.67 bits per heavy atom. The molecular weight excluding hydrogens is 304 g/mol. The predicted octanol–water partition coefficient (Wildman–Crippen LogP) is 2.58. The van der Waals surface area contributed by atoms with Gasteiger partial charge in [-0.05, 0) is 19.1 Å². The van der Waals surface area contributed by atoms with E-state index in [2.05, 4.69) is 15.5 Å². The molecule has 0 saturated carbocycles. The van der Waals surface area contributed by atoms with Crippen molar-refractivity contribution >= 4 is 11.8 Å². The van der Waals surface area contributed by atoms with Crippen LogP contribution in [-0.4, -0.2) is 37.5 Å². The number of amides is 2. The highest BCUT2D eigenvalue weighted by Crippen LogP contribution is 2.16. The lowest BCUT2D eigenvalue weighted by molar-refractivity contribution is 0.220. The molecular formula is C17H20N6O. The quantitative estimate of drug-likeness (QED) is 0.802. The average molecular weight is 324 g/mol. The highest BCUT2D eigenvalue weighted by molar-refractivity contribution is 5.88. The zero-order valence-corrected chi connectivity index (χ0v) is 14.0. The topological polar surface area (TPSA) is 68.0 Å². The summed E-state index contributed by atoms with van der Waals surface area (Å²) in [5.41, 5.74) is 2.83. The van der Waals surface area contributed by atoms with Crippen molar-refractivity contribution in [3.63, 3.8) is 0 Å². The number of carbonyl (C=O) groups excluding carboxylic acids is 1. The van der Waals surface area contributed by atoms with Gasteiger partial charge >= 0.3 is 6.03 Å². The molecule has 1 N–H and O–H groups in total. The number of nitrogens with zero attached hydrogens (tertiary/aromatic N) is 5. The molecule has 0 saturated heterocycles. The van der Waals surface area contributed by atoms with Gasteiger partial charge in [0.2, 0.25) is 0 Å². The molecule has 124 valence electrons. The molecule has 2 amide bonds. The van der Waals surface area contributed by atoms with E-state index >= 15 is 0 Å². The highest BCUT2D eigenvalue weighted by Gasteiger charge is 2.14. The first-order chi connectivity index (χ1) is 11.5. The number of para-hydroxylation sites is 1. The first kappa shape index (κ1) is 15.8. The molecule has 0 fully saturated rings. The maximum atomic E-state index is 12.4. The first-order valence-electron chi connectivity index (χ1n) is 7.64. The number of hydrogen-bond donors (Lipinski definition) is 1. The summed E-state index contributed by atoms with van der Waals surface area (Å²) in [4.78, 5) is 14.0. The molecule has 0 bridgehead atoms. The van der Waals surface area contributed by atoms with Gasteiger partial charge in [-0.25, -0.2) is 9.48 Å². The molecule has 7 nitrogen and oxygen atoms in total. The Kier molecular flexibility index (Phi) is 4.33. The van der Waals surface area contributed by atoms with E-state index in [0.29, 0.717) is 12.4 Å². The fourth-order valence-corrected chi connectivity index (χ4v) is 2.39. The molecule has 1 aromatic carbocycles. The van der Waals surface area contributed by atoms with Crippen LogP contribution in [0.1, 0.15) is 11.1 Å². The van der Waals surface area contributed by atoms with Crippen molar-refractivity contribution in [2.45, 2.75) is 13.5 Å². The molecule has 0 spiro atoms. The SMILES string of the molecule is Cc1cn(-c2ccccc2)nc1NC(=O)N(C)Cc1cnn(C)c1. The smallest absolute Gasteiger partial charge is 0.323 e. The minimum absolute atomic E-state index is 0.208. The van der Waals surface area contributed by atoms with Crippen molar-refractivity contribution in [2.24, 2.45) is 7.05 Å². The van der Waals surface area contributed by atoms with E-state index in [0.717, 1.165) is 16.8 Å². The number of carbonyl (C=O) groups is 1. The number of nitrogens with one attached hydrogen (secondary N) is 1. The van der Waals surface area contributed by atoms with Gasteiger partial charge in [0.25, 0.3) is 0 Å². The summed E-state index contributed by atoms with van der Waals surface area (Å²) in [6, 6.07) is 9.58. The van der Waals surface area contributed by atoms with Crippen molar-refractivity contribution < 1.29 is 4.79 Å². The maximum Gasteiger partial charge on any atom is 0.323 e. The van der Waals surface area contributed by atoms with E-state index in [-0.39, 0.29) is 6.03 Å². The van der Waals surface area contributed by atoms with E-state index in [1.165, 1.54) is 0 Å². The molecule has 0 aliphatic carbocycles. The number of urea groups is 1. The number of aromatic nitrogens is 4. The molecule has 0 atom stereocenters. The van der Waals surface area contributed by atoms with E-state index in [4.69, 9.17) is 0 Å². The standard InChI is InChI=1S/C17H20N6O/c1-13-10-23(15-7-5-4-6-8-15)20-16(13)19-17(24)21(2)11-14-9-18-22(3)12-14/h4-10,12H,11H2,1-3H3,(H,19,20,24). The Morgan fingerprint density at radius 2 is 2.00 bits per heavy atom. The number of benzene rings is 1. The molecule has 2 heterocycles. The van der Waals surface area contributed by atoms with Crippen LogP contribution in [0.2, 0.25) is 0 Å². The summed E-state index contributed by atoms with van der Waals surface area (Å²) in [5, 5.41) is 11.4. The molecule has 0 aliphatic rings. The van der Waals surface area contributed by atoms with Crippen molar-refractivity contribution in [1.82, 2.24) is 24.5 Å². The fraction of sp³-hybridized carbons (Fsp3) is 0.235. The van der Waals surface area contributed by atoms with E-state index < -0.39 is 0 Å². The molecule has 24 heavy (non-hydrogen) atoms. The second-order valence-electron chi connectivity index (χ2n) is 5.75. The van der Waals surface area contributed by atoms with Crippen LogP contribution in [-0.2, 0) is 13.6 Å². The molecule has 0 unspecified atom stereocenters. The third-order valence-corrected chi connectivity index (χ3v) is 3.67. The zero-order valence-electron chi connectivity index (χ0n) is 14.0. The van der Waals surface area contributed by atoms with Crippen LogP contribution < -0.4 is 5.32 Å². The van der Waals surface area contributed by atoms with Gasteiger partial charge in [0.05, 0.1) is 18.4 Å². The van der Waals surface area contributed by atoms with Crippen LogP contribution in [0.3, 0.4) is 0 Å². The van der Waals surface area contributed by atoms with Gasteiger partial charge in [-0.15, -0.1) is 5.10 Å². The summed E-state index contributed by atoms with van der Waals surface area (Å²) >= 11 is 0. The predicted molar refractivity (Wildman–Crippen MR) is 92.0 cm³/mol. The van der Waals surface area contributed by atoms with E-state index in [1.807, 2.05) is 56.7 Å². The summed E-state index contributed by atoms with van der Waals surface area (Å²) in [5.74, 6) is 0.557. The van der Waals surface area contributed by atoms with Crippen molar-refractivity contribution in [1.29, 1.82) is 0 Å². The summed E-state index contributed by atoms with van der Waals surface area (Å²) in [6.45, 7) is 2.40. The van der Waals surface area contributed by atoms with E-state index in [1.54, 1.807) is 27.5 Å². The Morgan fingerprint density at radius 1 is 1.25 bits per heavy atom. The summed E-state index contributed by atoms with van der Waals surface area (Å²) < 4.78 is 3.47. The molecule has 0 aliphatic heterocycles. The Labute approximate surface area is 140 Å².